The quantitative estimate of drug-likeness (QED) is 0.497. The Balaban J connectivity index is 1.52. The standard InChI is InChI=1S/C18H17N3O4S/c1-18(2)24-15(22)13(16(23)25-18)9-20-12-5-3-4-11(8-12)14-10-26-17-19-6-7-21(14)17/h3-5,8-10,20H,6-7H2,1-2H3. The lowest BCUT2D eigenvalue weighted by molar-refractivity contribution is -0.222. The molecule has 3 heterocycles. The molecule has 7 nitrogen and oxygen atoms in total. The number of cyclic esters (lactones) is 2. The first kappa shape index (κ1) is 16.7. The minimum absolute atomic E-state index is 0.167. The van der Waals surface area contributed by atoms with Gasteiger partial charge in [0.05, 0.1) is 12.2 Å². The van der Waals surface area contributed by atoms with Crippen molar-refractivity contribution in [3.05, 3.63) is 47.0 Å². The molecule has 0 aliphatic carbocycles. The largest absolute Gasteiger partial charge is 0.419 e. The van der Waals surface area contributed by atoms with Crippen LogP contribution in [0.3, 0.4) is 0 Å². The summed E-state index contributed by atoms with van der Waals surface area (Å²) in [6.07, 6.45) is 1.32. The first-order valence-electron chi connectivity index (χ1n) is 8.16. The molecule has 0 radical (unpaired) electrons. The minimum atomic E-state index is -1.24. The molecule has 0 spiro atoms. The zero-order chi connectivity index (χ0) is 18.3. The van der Waals surface area contributed by atoms with Crippen LogP contribution in [-0.4, -0.2) is 40.9 Å². The van der Waals surface area contributed by atoms with Crippen LogP contribution in [0.1, 0.15) is 19.4 Å². The SMILES string of the molecule is CC1(C)OC(=O)C(=CNc2cccc(C3=CSC4=NCCN34)c2)C(=O)O1. The van der Waals surface area contributed by atoms with Crippen molar-refractivity contribution in [1.82, 2.24) is 4.90 Å². The summed E-state index contributed by atoms with van der Waals surface area (Å²) in [4.78, 5) is 30.6. The lowest BCUT2D eigenvalue weighted by Gasteiger charge is -2.29. The van der Waals surface area contributed by atoms with Crippen LogP contribution >= 0.6 is 11.8 Å². The predicted octanol–water partition coefficient (Wildman–Crippen LogP) is 2.54. The van der Waals surface area contributed by atoms with Crippen LogP contribution in [-0.2, 0) is 19.1 Å². The fraction of sp³-hybridized carbons (Fsp3) is 0.278. The van der Waals surface area contributed by atoms with Gasteiger partial charge in [-0.15, -0.1) is 0 Å². The van der Waals surface area contributed by atoms with Gasteiger partial charge in [-0.2, -0.15) is 0 Å². The maximum Gasteiger partial charge on any atom is 0.350 e. The van der Waals surface area contributed by atoms with E-state index in [9.17, 15) is 9.59 Å². The maximum atomic E-state index is 12.0. The number of carbonyl (C=O) groups is 2. The molecule has 134 valence electrons. The molecule has 0 saturated carbocycles. The maximum absolute atomic E-state index is 12.0. The van der Waals surface area contributed by atoms with Crippen molar-refractivity contribution in [3.63, 3.8) is 0 Å². The number of thioether (sulfide) groups is 1. The van der Waals surface area contributed by atoms with E-state index in [1.54, 1.807) is 11.8 Å². The van der Waals surface area contributed by atoms with Gasteiger partial charge >= 0.3 is 11.9 Å². The highest BCUT2D eigenvalue weighted by Crippen LogP contribution is 2.35. The van der Waals surface area contributed by atoms with E-state index in [-0.39, 0.29) is 5.57 Å². The van der Waals surface area contributed by atoms with Crippen LogP contribution in [0, 0.1) is 0 Å². The van der Waals surface area contributed by atoms with Gasteiger partial charge in [0.15, 0.2) is 10.7 Å². The van der Waals surface area contributed by atoms with Gasteiger partial charge in [-0.25, -0.2) is 9.59 Å². The van der Waals surface area contributed by atoms with E-state index in [0.717, 1.165) is 35.2 Å². The summed E-state index contributed by atoms with van der Waals surface area (Å²) in [5, 5.41) is 6.08. The Hall–Kier alpha value is -2.74. The summed E-state index contributed by atoms with van der Waals surface area (Å²) in [6.45, 7) is 4.72. The van der Waals surface area contributed by atoms with Crippen molar-refractivity contribution in [2.75, 3.05) is 18.4 Å². The topological polar surface area (TPSA) is 80.2 Å². The van der Waals surface area contributed by atoms with Crippen molar-refractivity contribution >= 4 is 40.3 Å². The highest BCUT2D eigenvalue weighted by Gasteiger charge is 2.39. The lowest BCUT2D eigenvalue weighted by Crippen LogP contribution is -2.42. The molecule has 0 aromatic heterocycles. The smallest absolute Gasteiger partial charge is 0.350 e. The van der Waals surface area contributed by atoms with Crippen molar-refractivity contribution in [2.45, 2.75) is 19.6 Å². The molecule has 1 saturated heterocycles. The molecule has 3 aliphatic rings. The Kier molecular flexibility index (Phi) is 3.99. The van der Waals surface area contributed by atoms with Crippen LogP contribution in [0.5, 0.6) is 0 Å². The number of hydrogen-bond donors (Lipinski definition) is 1. The van der Waals surface area contributed by atoms with Crippen molar-refractivity contribution in [1.29, 1.82) is 0 Å². The third-order valence-corrected chi connectivity index (χ3v) is 4.93. The van der Waals surface area contributed by atoms with Crippen molar-refractivity contribution < 1.29 is 19.1 Å². The van der Waals surface area contributed by atoms with E-state index in [4.69, 9.17) is 9.47 Å². The Morgan fingerprint density at radius 2 is 2.04 bits per heavy atom. The number of amidine groups is 1. The molecule has 8 heteroatoms. The van der Waals surface area contributed by atoms with E-state index in [0.29, 0.717) is 0 Å². The number of ether oxygens (including phenoxy) is 2. The number of esters is 2. The summed E-state index contributed by atoms with van der Waals surface area (Å²) < 4.78 is 10.2. The summed E-state index contributed by atoms with van der Waals surface area (Å²) in [6, 6.07) is 7.73. The molecule has 1 aromatic carbocycles. The molecule has 1 fully saturated rings. The molecular weight excluding hydrogens is 354 g/mol. The van der Waals surface area contributed by atoms with Crippen molar-refractivity contribution in [3.8, 4) is 0 Å². The summed E-state index contributed by atoms with van der Waals surface area (Å²) >= 11 is 1.62. The molecule has 26 heavy (non-hydrogen) atoms. The molecule has 4 rings (SSSR count). The van der Waals surface area contributed by atoms with Crippen LogP contribution < -0.4 is 5.32 Å². The second-order valence-electron chi connectivity index (χ2n) is 6.40. The average molecular weight is 371 g/mol. The van der Waals surface area contributed by atoms with E-state index in [1.165, 1.54) is 20.0 Å². The van der Waals surface area contributed by atoms with Gasteiger partial charge in [0.25, 0.3) is 5.79 Å². The molecule has 0 unspecified atom stereocenters. The number of rotatable bonds is 3. The second-order valence-corrected chi connectivity index (χ2v) is 7.24. The van der Waals surface area contributed by atoms with E-state index < -0.39 is 17.7 Å². The molecule has 1 N–H and O–H groups in total. The fourth-order valence-corrected chi connectivity index (χ4v) is 3.81. The predicted molar refractivity (Wildman–Crippen MR) is 99.0 cm³/mol. The number of nitrogens with zero attached hydrogens (tertiary/aromatic N) is 2. The van der Waals surface area contributed by atoms with Crippen LogP contribution in [0.15, 0.2) is 46.4 Å². The Bertz CT molecular complexity index is 866. The Morgan fingerprint density at radius 3 is 2.81 bits per heavy atom. The summed E-state index contributed by atoms with van der Waals surface area (Å²) in [5.74, 6) is -2.65. The zero-order valence-electron chi connectivity index (χ0n) is 14.3. The number of fused-ring (bicyclic) bond motifs is 1. The fourth-order valence-electron chi connectivity index (χ4n) is 2.85. The Morgan fingerprint density at radius 1 is 1.27 bits per heavy atom. The lowest BCUT2D eigenvalue weighted by atomic mass is 10.1. The van der Waals surface area contributed by atoms with E-state index in [2.05, 4.69) is 20.6 Å². The van der Waals surface area contributed by atoms with E-state index >= 15 is 0 Å². The number of benzene rings is 1. The summed E-state index contributed by atoms with van der Waals surface area (Å²) in [7, 11) is 0. The van der Waals surface area contributed by atoms with Gasteiger partial charge in [0, 0.05) is 43.3 Å². The van der Waals surface area contributed by atoms with Gasteiger partial charge in [-0.05, 0) is 12.1 Å². The van der Waals surface area contributed by atoms with Crippen LogP contribution in [0.4, 0.5) is 5.69 Å². The highest BCUT2D eigenvalue weighted by molar-refractivity contribution is 8.16. The monoisotopic (exact) mass is 371 g/mol. The van der Waals surface area contributed by atoms with Gasteiger partial charge < -0.3 is 19.7 Å². The van der Waals surface area contributed by atoms with E-state index in [1.807, 2.05) is 24.3 Å². The highest BCUT2D eigenvalue weighted by atomic mass is 32.2. The number of nitrogens with one attached hydrogen (secondary N) is 1. The van der Waals surface area contributed by atoms with Gasteiger partial charge in [0.1, 0.15) is 0 Å². The minimum Gasteiger partial charge on any atom is -0.419 e. The summed E-state index contributed by atoms with van der Waals surface area (Å²) in [5.41, 5.74) is 2.71. The number of anilines is 1. The van der Waals surface area contributed by atoms with Crippen LogP contribution in [0.25, 0.3) is 5.70 Å². The molecular formula is C18H17N3O4S. The molecule has 0 atom stereocenters. The first-order chi connectivity index (χ1) is 12.4. The van der Waals surface area contributed by atoms with Gasteiger partial charge in [-0.3, -0.25) is 4.99 Å². The molecule has 1 aromatic rings. The third-order valence-electron chi connectivity index (χ3n) is 4.03. The van der Waals surface area contributed by atoms with Crippen molar-refractivity contribution in [2.24, 2.45) is 4.99 Å². The normalized spacial score (nSPS) is 20.8. The number of aliphatic imine (C=N–C) groups is 1. The molecule has 0 bridgehead atoms. The average Bonchev–Trinajstić information content (AvgIpc) is 3.16. The second kappa shape index (κ2) is 6.21. The van der Waals surface area contributed by atoms with Gasteiger partial charge in [0.2, 0.25) is 0 Å². The third kappa shape index (κ3) is 3.08. The molecule has 0 amide bonds. The molecule has 3 aliphatic heterocycles. The number of carbonyl (C=O) groups excluding carboxylic acids is 2. The first-order valence-corrected chi connectivity index (χ1v) is 9.03. The number of hydrogen-bond acceptors (Lipinski definition) is 8. The zero-order valence-corrected chi connectivity index (χ0v) is 15.1. The van der Waals surface area contributed by atoms with Gasteiger partial charge in [-0.1, -0.05) is 23.9 Å². The van der Waals surface area contributed by atoms with Crippen LogP contribution in [0.2, 0.25) is 0 Å². The Labute approximate surface area is 154 Å².